The molecule has 0 aliphatic heterocycles. The average Bonchev–Trinajstić information content (AvgIpc) is 1.98. The van der Waals surface area contributed by atoms with Crippen molar-refractivity contribution in [2.75, 3.05) is 0 Å². The van der Waals surface area contributed by atoms with E-state index in [0.717, 1.165) is 17.9 Å². The van der Waals surface area contributed by atoms with Crippen LogP contribution in [0.1, 0.15) is 0 Å². The van der Waals surface area contributed by atoms with Gasteiger partial charge in [-0.15, -0.1) is 13.2 Å². The van der Waals surface area contributed by atoms with E-state index in [4.69, 9.17) is 0 Å². The molecule has 0 rings (SSSR count). The first-order valence-corrected chi connectivity index (χ1v) is 6.63. The van der Waals surface area contributed by atoms with Crippen LogP contribution in [0.4, 0.5) is 26.3 Å². The van der Waals surface area contributed by atoms with Crippen LogP contribution in [0.15, 0.2) is 24.6 Å². The van der Waals surface area contributed by atoms with Gasteiger partial charge in [0.2, 0.25) is 0 Å². The smallest absolute Gasteiger partial charge is 0.171 e. The predicted molar refractivity (Wildman–Crippen MR) is 47.9 cm³/mol. The quantitative estimate of drug-likeness (QED) is 0.523. The van der Waals surface area contributed by atoms with Crippen molar-refractivity contribution in [3.63, 3.8) is 0 Å². The maximum atomic E-state index is 12.3. The first kappa shape index (κ1) is 14.3. The van der Waals surface area contributed by atoms with Gasteiger partial charge >= 0.3 is 12.4 Å². The minimum atomic E-state index is -5.32. The van der Waals surface area contributed by atoms with Crippen molar-refractivity contribution in [2.45, 2.75) is 24.4 Å². The van der Waals surface area contributed by atoms with Crippen LogP contribution >= 0.6 is 0 Å². The Balaban J connectivity index is 5.49. The van der Waals surface area contributed by atoms with Gasteiger partial charge in [0.1, 0.15) is 13.6 Å². The number of alkyl halides is 6. The van der Waals surface area contributed by atoms with E-state index in [1.165, 1.54) is 0 Å². The van der Waals surface area contributed by atoms with Crippen molar-refractivity contribution in [3.8, 4) is 0 Å². The van der Waals surface area contributed by atoms with Crippen molar-refractivity contribution in [1.82, 2.24) is 0 Å². The van der Waals surface area contributed by atoms with Crippen molar-refractivity contribution in [2.24, 2.45) is 0 Å². The van der Waals surface area contributed by atoms with Crippen LogP contribution in [0.3, 0.4) is 0 Å². The monoisotopic (exact) mass is 248 g/mol. The third-order valence-corrected chi connectivity index (χ3v) is 5.81. The summed E-state index contributed by atoms with van der Waals surface area (Å²) in [6, 6.07) is 0. The molecule has 0 nitrogen and oxygen atoms in total. The molecule has 0 spiro atoms. The van der Waals surface area contributed by atoms with Crippen molar-refractivity contribution in [1.29, 1.82) is 0 Å². The highest BCUT2D eigenvalue weighted by Crippen LogP contribution is 2.50. The molecule has 15 heavy (non-hydrogen) atoms. The Morgan fingerprint density at radius 1 is 0.933 bits per heavy atom. The lowest BCUT2D eigenvalue weighted by atomic mass is 10.4. The molecule has 0 aliphatic carbocycles. The minimum absolute atomic E-state index is 0.742. The van der Waals surface area contributed by atoms with Gasteiger partial charge in [-0.3, -0.25) is 0 Å². The first-order chi connectivity index (χ1) is 6.49. The number of rotatable bonds is 3. The van der Waals surface area contributed by atoms with Crippen LogP contribution in [0.5, 0.6) is 0 Å². The SMILES string of the molecule is C=C[Si](C)(C=C)C(C(F)(F)F)C(F)(F)F. The molecule has 0 aromatic rings. The molecule has 0 bridgehead atoms. The fraction of sp³-hybridized carbons (Fsp3) is 0.500. The average molecular weight is 248 g/mol. The number of hydrogen-bond acceptors (Lipinski definition) is 0. The van der Waals surface area contributed by atoms with Crippen LogP contribution in [-0.2, 0) is 0 Å². The Bertz CT molecular complexity index is 229. The topological polar surface area (TPSA) is 0 Å². The minimum Gasteiger partial charge on any atom is -0.171 e. The Morgan fingerprint density at radius 3 is 1.27 bits per heavy atom. The van der Waals surface area contributed by atoms with Crippen molar-refractivity contribution < 1.29 is 26.3 Å². The maximum Gasteiger partial charge on any atom is 0.398 e. The maximum absolute atomic E-state index is 12.3. The molecular weight excluding hydrogens is 238 g/mol. The fourth-order valence-electron chi connectivity index (χ4n) is 1.21. The second-order valence-electron chi connectivity index (χ2n) is 3.29. The van der Waals surface area contributed by atoms with Gasteiger partial charge in [-0.05, 0) is 0 Å². The van der Waals surface area contributed by atoms with Gasteiger partial charge in [-0.1, -0.05) is 17.9 Å². The van der Waals surface area contributed by atoms with E-state index in [-0.39, 0.29) is 0 Å². The zero-order chi connectivity index (χ0) is 12.5. The van der Waals surface area contributed by atoms with Gasteiger partial charge in [0.05, 0.1) is 0 Å². The number of hydrogen-bond donors (Lipinski definition) is 0. The summed E-state index contributed by atoms with van der Waals surface area (Å²) in [5.74, 6) is 0. The van der Waals surface area contributed by atoms with Gasteiger partial charge < -0.3 is 0 Å². The standard InChI is InChI=1S/C8H10F6Si/c1-4-15(3,5-2)6(7(9,10)11)8(12,13)14/h4-6H,1-2H2,3H3. The third-order valence-electron chi connectivity index (χ3n) is 2.16. The molecule has 0 aromatic heterocycles. The lowest BCUT2D eigenvalue weighted by molar-refractivity contribution is -0.232. The third kappa shape index (κ3) is 3.12. The molecular formula is C8H10F6Si. The van der Waals surface area contributed by atoms with Gasteiger partial charge in [0.25, 0.3) is 0 Å². The normalized spacial score (nSPS) is 14.1. The molecule has 0 atom stereocenters. The Labute approximate surface area is 84.3 Å². The summed E-state index contributed by atoms with van der Waals surface area (Å²) in [6.45, 7) is 7.01. The molecule has 0 N–H and O–H groups in total. The summed E-state index contributed by atoms with van der Waals surface area (Å²) in [4.78, 5) is 0. The second-order valence-corrected chi connectivity index (χ2v) is 7.42. The Kier molecular flexibility index (Phi) is 3.84. The van der Waals surface area contributed by atoms with E-state index in [1.807, 2.05) is 0 Å². The molecule has 0 radical (unpaired) electrons. The predicted octanol–water partition coefficient (Wildman–Crippen LogP) is 4.01. The van der Waals surface area contributed by atoms with E-state index in [2.05, 4.69) is 13.2 Å². The van der Waals surface area contributed by atoms with E-state index < -0.39 is 26.0 Å². The highest BCUT2D eigenvalue weighted by atomic mass is 28.3. The van der Waals surface area contributed by atoms with Crippen LogP contribution < -0.4 is 0 Å². The highest BCUT2D eigenvalue weighted by Gasteiger charge is 2.63. The zero-order valence-corrected chi connectivity index (χ0v) is 8.91. The van der Waals surface area contributed by atoms with Crippen LogP contribution in [0.2, 0.25) is 12.1 Å². The van der Waals surface area contributed by atoms with Gasteiger partial charge in [-0.25, -0.2) is 0 Å². The highest BCUT2D eigenvalue weighted by molar-refractivity contribution is 6.89. The summed E-state index contributed by atoms with van der Waals surface area (Å²) in [5.41, 5.74) is -1.86. The lowest BCUT2D eigenvalue weighted by Gasteiger charge is -2.33. The van der Waals surface area contributed by atoms with E-state index in [0.29, 0.717) is 0 Å². The van der Waals surface area contributed by atoms with Crippen LogP contribution in [0.25, 0.3) is 0 Å². The summed E-state index contributed by atoms with van der Waals surface area (Å²) >= 11 is 0. The van der Waals surface area contributed by atoms with Crippen molar-refractivity contribution >= 4 is 8.07 Å². The molecule has 0 amide bonds. The molecule has 0 aliphatic rings. The molecule has 0 fully saturated rings. The fourth-order valence-corrected chi connectivity index (χ4v) is 3.26. The van der Waals surface area contributed by atoms with Gasteiger partial charge in [0, 0.05) is 0 Å². The molecule has 0 unspecified atom stereocenters. The Morgan fingerprint density at radius 2 is 1.20 bits per heavy atom. The van der Waals surface area contributed by atoms with E-state index in [1.54, 1.807) is 0 Å². The number of halogens is 6. The molecule has 0 saturated carbocycles. The summed E-state index contributed by atoms with van der Waals surface area (Å²) in [6.07, 6.45) is -10.6. The summed E-state index contributed by atoms with van der Waals surface area (Å²) in [5, 5.41) is 0. The lowest BCUT2D eigenvalue weighted by Crippen LogP contribution is -2.48. The molecule has 0 aromatic carbocycles. The van der Waals surface area contributed by atoms with E-state index >= 15 is 0 Å². The summed E-state index contributed by atoms with van der Waals surface area (Å²) < 4.78 is 73.8. The molecule has 7 heteroatoms. The molecule has 0 saturated heterocycles. The van der Waals surface area contributed by atoms with E-state index in [9.17, 15) is 26.3 Å². The second kappa shape index (κ2) is 4.03. The van der Waals surface area contributed by atoms with Crippen LogP contribution in [-0.4, -0.2) is 20.4 Å². The summed E-state index contributed by atoms with van der Waals surface area (Å²) in [7, 11) is -3.82. The largest absolute Gasteiger partial charge is 0.398 e. The zero-order valence-electron chi connectivity index (χ0n) is 7.91. The molecule has 88 valence electrons. The van der Waals surface area contributed by atoms with Crippen LogP contribution in [0, 0.1) is 0 Å². The Hall–Kier alpha value is -0.723. The van der Waals surface area contributed by atoms with Crippen molar-refractivity contribution in [3.05, 3.63) is 24.6 Å². The van der Waals surface area contributed by atoms with Gasteiger partial charge in [0.15, 0.2) is 0 Å². The molecule has 0 heterocycles. The first-order valence-electron chi connectivity index (χ1n) is 3.89. The van der Waals surface area contributed by atoms with Gasteiger partial charge in [-0.2, -0.15) is 26.3 Å².